The first-order valence-corrected chi connectivity index (χ1v) is 8.82. The quantitative estimate of drug-likeness (QED) is 0.375. The van der Waals surface area contributed by atoms with Crippen LogP contribution < -0.4 is 0 Å². The molecule has 1 atom stereocenters. The second kappa shape index (κ2) is 7.30. The molecule has 3 aromatic rings. The van der Waals surface area contributed by atoms with Crippen LogP contribution in [0, 0.1) is 13.8 Å². The number of benzene rings is 2. The average Bonchev–Trinajstić information content (AvgIpc) is 2.64. The molecule has 0 saturated carbocycles. The molecule has 0 unspecified atom stereocenters. The van der Waals surface area contributed by atoms with Gasteiger partial charge in [0.15, 0.2) is 0 Å². The molecule has 1 aromatic heterocycles. The zero-order chi connectivity index (χ0) is 18.7. The third-order valence-corrected chi connectivity index (χ3v) is 5.06. The number of aryl methyl sites for hydroxylation is 2. The Morgan fingerprint density at radius 1 is 1.00 bits per heavy atom. The zero-order valence-corrected chi connectivity index (χ0v) is 15.8. The SMILES string of the molecule is CC(=NO)[C@@](c1ccccc1)(c1ccnc(C)c1)c1ccc(Cl)cc1C. The molecule has 0 aliphatic rings. The van der Waals surface area contributed by atoms with E-state index in [4.69, 9.17) is 11.6 Å². The summed E-state index contributed by atoms with van der Waals surface area (Å²) in [7, 11) is 0. The molecular formula is C22H21ClN2O. The molecule has 1 heterocycles. The van der Waals surface area contributed by atoms with Crippen molar-refractivity contribution in [2.24, 2.45) is 5.16 Å². The normalized spacial score (nSPS) is 14.1. The molecule has 0 saturated heterocycles. The van der Waals surface area contributed by atoms with Crippen LogP contribution in [0.2, 0.25) is 5.02 Å². The van der Waals surface area contributed by atoms with Gasteiger partial charge in [-0.2, -0.15) is 0 Å². The number of oxime groups is 1. The van der Waals surface area contributed by atoms with Gasteiger partial charge in [-0.25, -0.2) is 0 Å². The van der Waals surface area contributed by atoms with E-state index in [2.05, 4.69) is 22.3 Å². The van der Waals surface area contributed by atoms with E-state index in [1.54, 1.807) is 6.20 Å². The van der Waals surface area contributed by atoms with E-state index >= 15 is 0 Å². The van der Waals surface area contributed by atoms with Gasteiger partial charge in [0.1, 0.15) is 0 Å². The molecule has 0 fully saturated rings. The van der Waals surface area contributed by atoms with E-state index < -0.39 is 5.41 Å². The highest BCUT2D eigenvalue weighted by Gasteiger charge is 2.41. The van der Waals surface area contributed by atoms with Gasteiger partial charge >= 0.3 is 0 Å². The van der Waals surface area contributed by atoms with Crippen molar-refractivity contribution in [2.45, 2.75) is 26.2 Å². The van der Waals surface area contributed by atoms with Crippen LogP contribution in [0.1, 0.15) is 34.9 Å². The number of halogens is 1. The Morgan fingerprint density at radius 2 is 1.73 bits per heavy atom. The van der Waals surface area contributed by atoms with E-state index in [1.807, 2.05) is 69.3 Å². The molecule has 132 valence electrons. The minimum atomic E-state index is -0.738. The molecular weight excluding hydrogens is 344 g/mol. The summed E-state index contributed by atoms with van der Waals surface area (Å²) >= 11 is 6.21. The van der Waals surface area contributed by atoms with Gasteiger partial charge in [0.2, 0.25) is 0 Å². The highest BCUT2D eigenvalue weighted by molar-refractivity contribution is 6.30. The van der Waals surface area contributed by atoms with Gasteiger partial charge in [0.25, 0.3) is 0 Å². The predicted octanol–water partition coefficient (Wildman–Crippen LogP) is 5.54. The lowest BCUT2D eigenvalue weighted by atomic mass is 9.65. The molecule has 1 N–H and O–H groups in total. The molecule has 26 heavy (non-hydrogen) atoms. The van der Waals surface area contributed by atoms with Gasteiger partial charge in [-0.05, 0) is 67.3 Å². The van der Waals surface area contributed by atoms with Gasteiger partial charge in [-0.15, -0.1) is 0 Å². The predicted molar refractivity (Wildman–Crippen MR) is 106 cm³/mol. The molecule has 3 rings (SSSR count). The molecule has 0 bridgehead atoms. The fourth-order valence-corrected chi connectivity index (χ4v) is 3.91. The van der Waals surface area contributed by atoms with Gasteiger partial charge in [-0.1, -0.05) is 53.2 Å². The largest absolute Gasteiger partial charge is 0.411 e. The lowest BCUT2D eigenvalue weighted by molar-refractivity contribution is 0.315. The maximum absolute atomic E-state index is 9.82. The molecule has 0 aliphatic carbocycles. The Balaban J connectivity index is 2.48. The van der Waals surface area contributed by atoms with Crippen LogP contribution in [0.5, 0.6) is 0 Å². The van der Waals surface area contributed by atoms with Crippen LogP contribution >= 0.6 is 11.6 Å². The van der Waals surface area contributed by atoms with Crippen LogP contribution in [-0.4, -0.2) is 15.9 Å². The van der Waals surface area contributed by atoms with E-state index in [1.165, 1.54) is 0 Å². The number of hydrogen-bond donors (Lipinski definition) is 1. The minimum absolute atomic E-state index is 0.583. The first-order valence-electron chi connectivity index (χ1n) is 8.44. The summed E-state index contributed by atoms with van der Waals surface area (Å²) < 4.78 is 0. The van der Waals surface area contributed by atoms with Gasteiger partial charge < -0.3 is 5.21 Å². The van der Waals surface area contributed by atoms with E-state index in [0.717, 1.165) is 27.9 Å². The Kier molecular flexibility index (Phi) is 5.10. The summed E-state index contributed by atoms with van der Waals surface area (Å²) in [6, 6.07) is 19.9. The van der Waals surface area contributed by atoms with E-state index in [-0.39, 0.29) is 0 Å². The Labute approximate surface area is 159 Å². The van der Waals surface area contributed by atoms with Crippen LogP contribution in [0.25, 0.3) is 0 Å². The van der Waals surface area contributed by atoms with Gasteiger partial charge in [0.05, 0.1) is 11.1 Å². The molecule has 2 aromatic carbocycles. The molecule has 0 amide bonds. The number of hydrogen-bond acceptors (Lipinski definition) is 3. The molecule has 0 radical (unpaired) electrons. The Morgan fingerprint density at radius 3 is 2.35 bits per heavy atom. The number of aromatic nitrogens is 1. The monoisotopic (exact) mass is 364 g/mol. The summed E-state index contributed by atoms with van der Waals surface area (Å²) in [5.41, 5.74) is 4.81. The maximum atomic E-state index is 9.82. The number of pyridine rings is 1. The van der Waals surface area contributed by atoms with Crippen LogP contribution in [0.15, 0.2) is 72.0 Å². The van der Waals surface area contributed by atoms with Crippen molar-refractivity contribution < 1.29 is 5.21 Å². The highest BCUT2D eigenvalue weighted by Crippen LogP contribution is 2.42. The third-order valence-electron chi connectivity index (χ3n) is 4.82. The summed E-state index contributed by atoms with van der Waals surface area (Å²) in [5.74, 6) is 0. The highest BCUT2D eigenvalue weighted by atomic mass is 35.5. The lowest BCUT2D eigenvalue weighted by Crippen LogP contribution is -2.38. The molecule has 3 nitrogen and oxygen atoms in total. The van der Waals surface area contributed by atoms with Crippen molar-refractivity contribution >= 4 is 17.3 Å². The number of rotatable bonds is 4. The van der Waals surface area contributed by atoms with Gasteiger partial charge in [-0.3, -0.25) is 4.98 Å². The first-order chi connectivity index (χ1) is 12.5. The van der Waals surface area contributed by atoms with Crippen LogP contribution in [0.3, 0.4) is 0 Å². The van der Waals surface area contributed by atoms with Crippen molar-refractivity contribution in [1.29, 1.82) is 0 Å². The summed E-state index contributed by atoms with van der Waals surface area (Å²) in [6.07, 6.45) is 1.79. The van der Waals surface area contributed by atoms with Gasteiger partial charge in [0, 0.05) is 16.9 Å². The standard InChI is InChI=1S/C22H21ClN2O/c1-15-13-20(23)9-10-21(15)22(17(3)25-26,18-7-5-4-6-8-18)19-11-12-24-16(2)14-19/h4-14,26H,1-3H3/t22-/m1/s1. The van der Waals surface area contributed by atoms with E-state index in [9.17, 15) is 5.21 Å². The lowest BCUT2D eigenvalue weighted by Gasteiger charge is -2.36. The van der Waals surface area contributed by atoms with Crippen molar-refractivity contribution in [3.63, 3.8) is 0 Å². The fourth-order valence-electron chi connectivity index (χ4n) is 3.68. The van der Waals surface area contributed by atoms with Crippen molar-refractivity contribution in [3.8, 4) is 0 Å². The smallest absolute Gasteiger partial charge is 0.0868 e. The van der Waals surface area contributed by atoms with Crippen LogP contribution in [-0.2, 0) is 5.41 Å². The second-order valence-electron chi connectivity index (χ2n) is 6.45. The first kappa shape index (κ1) is 18.2. The third kappa shape index (κ3) is 2.99. The zero-order valence-electron chi connectivity index (χ0n) is 15.1. The molecule has 4 heteroatoms. The topological polar surface area (TPSA) is 45.5 Å². The molecule has 0 spiro atoms. The van der Waals surface area contributed by atoms with Crippen molar-refractivity contribution in [3.05, 3.63) is 99.8 Å². The maximum Gasteiger partial charge on any atom is 0.0868 e. The Bertz CT molecular complexity index is 953. The van der Waals surface area contributed by atoms with Crippen molar-refractivity contribution in [2.75, 3.05) is 0 Å². The Hall–Kier alpha value is -2.65. The summed E-state index contributed by atoms with van der Waals surface area (Å²) in [5, 5.41) is 14.1. The van der Waals surface area contributed by atoms with Crippen molar-refractivity contribution in [1.82, 2.24) is 4.98 Å². The molecule has 0 aliphatic heterocycles. The fraction of sp³-hybridized carbons (Fsp3) is 0.182. The van der Waals surface area contributed by atoms with Crippen LogP contribution in [0.4, 0.5) is 0 Å². The minimum Gasteiger partial charge on any atom is -0.411 e. The summed E-state index contributed by atoms with van der Waals surface area (Å²) in [6.45, 7) is 5.83. The number of nitrogens with zero attached hydrogens (tertiary/aromatic N) is 2. The average molecular weight is 365 g/mol. The second-order valence-corrected chi connectivity index (χ2v) is 6.88. The van der Waals surface area contributed by atoms with E-state index in [0.29, 0.717) is 10.7 Å². The summed E-state index contributed by atoms with van der Waals surface area (Å²) in [4.78, 5) is 4.34.